The van der Waals surface area contributed by atoms with Gasteiger partial charge in [-0.25, -0.2) is 4.98 Å². The van der Waals surface area contributed by atoms with Crippen molar-refractivity contribution in [3.63, 3.8) is 0 Å². The van der Waals surface area contributed by atoms with Crippen molar-refractivity contribution in [2.24, 2.45) is 0 Å². The number of ether oxygens (including phenoxy) is 1. The van der Waals surface area contributed by atoms with Crippen LogP contribution in [0.3, 0.4) is 0 Å². The third kappa shape index (κ3) is 4.56. The number of hydrogen-bond donors (Lipinski definition) is 1. The van der Waals surface area contributed by atoms with Crippen LogP contribution in [0.1, 0.15) is 13.8 Å². The molecule has 1 saturated heterocycles. The van der Waals surface area contributed by atoms with E-state index in [1.807, 2.05) is 19.9 Å². The second-order valence-electron chi connectivity index (χ2n) is 4.86. The van der Waals surface area contributed by atoms with Gasteiger partial charge in [0.1, 0.15) is 5.82 Å². The average molecular weight is 328 g/mol. The molecule has 1 fully saturated rings. The first kappa shape index (κ1) is 14.4. The summed E-state index contributed by atoms with van der Waals surface area (Å²) >= 11 is 3.31. The Morgan fingerprint density at radius 2 is 2.16 bits per heavy atom. The number of hydrogen-bond acceptors (Lipinski definition) is 4. The second kappa shape index (κ2) is 6.45. The van der Waals surface area contributed by atoms with E-state index in [1.165, 1.54) is 0 Å². The molecular weight excluding hydrogens is 310 g/mol. The Kier molecular flexibility index (Phi) is 4.90. The van der Waals surface area contributed by atoms with Crippen LogP contribution in [0.25, 0.3) is 0 Å². The summed E-state index contributed by atoms with van der Waals surface area (Å²) in [4.78, 5) is 18.2. The van der Waals surface area contributed by atoms with Crippen LogP contribution >= 0.6 is 15.9 Å². The van der Waals surface area contributed by atoms with E-state index >= 15 is 0 Å². The minimum atomic E-state index is -0.0453. The van der Waals surface area contributed by atoms with E-state index in [2.05, 4.69) is 31.1 Å². The molecule has 104 valence electrons. The van der Waals surface area contributed by atoms with E-state index in [0.717, 1.165) is 17.6 Å². The van der Waals surface area contributed by atoms with Crippen molar-refractivity contribution in [3.8, 4) is 0 Å². The van der Waals surface area contributed by atoms with Crippen molar-refractivity contribution < 1.29 is 9.53 Å². The largest absolute Gasteiger partial charge is 0.373 e. The number of carbonyl (C=O) groups excluding carboxylic acids is 1. The number of amides is 1. The fourth-order valence-corrected chi connectivity index (χ4v) is 2.48. The van der Waals surface area contributed by atoms with Gasteiger partial charge in [-0.2, -0.15) is 0 Å². The van der Waals surface area contributed by atoms with Crippen molar-refractivity contribution in [1.82, 2.24) is 9.88 Å². The first-order valence-corrected chi connectivity index (χ1v) is 7.11. The summed E-state index contributed by atoms with van der Waals surface area (Å²) in [6.07, 6.45) is 2.00. The summed E-state index contributed by atoms with van der Waals surface area (Å²) in [5.41, 5.74) is 0. The zero-order valence-corrected chi connectivity index (χ0v) is 12.7. The fourth-order valence-electron chi connectivity index (χ4n) is 2.25. The Bertz CT molecular complexity index is 428. The molecule has 2 rings (SSSR count). The quantitative estimate of drug-likeness (QED) is 0.921. The lowest BCUT2D eigenvalue weighted by molar-refractivity contribution is -0.121. The molecule has 0 aliphatic carbocycles. The Morgan fingerprint density at radius 3 is 2.74 bits per heavy atom. The number of nitrogens with one attached hydrogen (secondary N) is 1. The van der Waals surface area contributed by atoms with Gasteiger partial charge in [-0.3, -0.25) is 9.69 Å². The third-order valence-corrected chi connectivity index (χ3v) is 3.33. The summed E-state index contributed by atoms with van der Waals surface area (Å²) < 4.78 is 6.53. The third-order valence-electron chi connectivity index (χ3n) is 2.86. The van der Waals surface area contributed by atoms with Crippen molar-refractivity contribution in [2.45, 2.75) is 26.1 Å². The van der Waals surface area contributed by atoms with Crippen LogP contribution in [0.15, 0.2) is 22.8 Å². The van der Waals surface area contributed by atoms with Crippen LogP contribution in [-0.2, 0) is 9.53 Å². The summed E-state index contributed by atoms with van der Waals surface area (Å²) in [5, 5.41) is 2.79. The number of halogens is 1. The topological polar surface area (TPSA) is 54.5 Å². The standard InChI is InChI=1S/C13H18BrN3O2/c1-9-6-17(7-10(2)19-9)8-13(18)16-12-4-3-11(14)5-15-12/h3-5,9-10H,6-8H2,1-2H3,(H,15,16,18)/t9-,10-/m0/s1. The van der Waals surface area contributed by atoms with E-state index in [0.29, 0.717) is 12.4 Å². The molecule has 6 heteroatoms. The molecule has 1 aromatic heterocycles. The minimum Gasteiger partial charge on any atom is -0.373 e. The molecule has 1 aliphatic rings. The van der Waals surface area contributed by atoms with Gasteiger partial charge >= 0.3 is 0 Å². The van der Waals surface area contributed by atoms with Crippen LogP contribution in [0.2, 0.25) is 0 Å². The van der Waals surface area contributed by atoms with Gasteiger partial charge < -0.3 is 10.1 Å². The number of nitrogens with zero attached hydrogens (tertiary/aromatic N) is 2. The molecule has 2 heterocycles. The Hall–Kier alpha value is -0.980. The van der Waals surface area contributed by atoms with E-state index in [1.54, 1.807) is 12.3 Å². The highest BCUT2D eigenvalue weighted by atomic mass is 79.9. The molecule has 1 amide bonds. The minimum absolute atomic E-state index is 0.0453. The zero-order chi connectivity index (χ0) is 13.8. The Balaban J connectivity index is 1.85. The number of pyridine rings is 1. The summed E-state index contributed by atoms with van der Waals surface area (Å²) in [6, 6.07) is 3.62. The van der Waals surface area contributed by atoms with E-state index in [-0.39, 0.29) is 18.1 Å². The molecule has 0 aromatic carbocycles. The number of aromatic nitrogens is 1. The smallest absolute Gasteiger partial charge is 0.239 e. The Morgan fingerprint density at radius 1 is 1.47 bits per heavy atom. The van der Waals surface area contributed by atoms with Crippen LogP contribution < -0.4 is 5.32 Å². The lowest BCUT2D eigenvalue weighted by Crippen LogP contribution is -2.48. The zero-order valence-electron chi connectivity index (χ0n) is 11.1. The molecule has 0 bridgehead atoms. The lowest BCUT2D eigenvalue weighted by Gasteiger charge is -2.34. The number of anilines is 1. The SMILES string of the molecule is C[C@H]1CN(CC(=O)Nc2ccc(Br)cn2)C[C@H](C)O1. The first-order chi connectivity index (χ1) is 9.02. The van der Waals surface area contributed by atoms with Crippen LogP contribution in [-0.4, -0.2) is 47.6 Å². The molecule has 0 spiro atoms. The monoisotopic (exact) mass is 327 g/mol. The fraction of sp³-hybridized carbons (Fsp3) is 0.538. The highest BCUT2D eigenvalue weighted by Gasteiger charge is 2.23. The normalized spacial score (nSPS) is 24.2. The maximum absolute atomic E-state index is 11.9. The van der Waals surface area contributed by atoms with Gasteiger partial charge in [-0.15, -0.1) is 0 Å². The number of rotatable bonds is 3. The van der Waals surface area contributed by atoms with Crippen LogP contribution in [0.4, 0.5) is 5.82 Å². The number of carbonyl (C=O) groups is 1. The Labute approximate surface area is 121 Å². The van der Waals surface area contributed by atoms with Gasteiger partial charge in [-0.05, 0) is 41.9 Å². The van der Waals surface area contributed by atoms with Gasteiger partial charge in [0.25, 0.3) is 0 Å². The van der Waals surface area contributed by atoms with Crippen molar-refractivity contribution in [1.29, 1.82) is 0 Å². The van der Waals surface area contributed by atoms with E-state index in [9.17, 15) is 4.79 Å². The summed E-state index contributed by atoms with van der Waals surface area (Å²) in [5.74, 6) is 0.527. The van der Waals surface area contributed by atoms with E-state index < -0.39 is 0 Å². The molecule has 2 atom stereocenters. The molecule has 0 radical (unpaired) electrons. The molecule has 1 N–H and O–H groups in total. The summed E-state index contributed by atoms with van der Waals surface area (Å²) in [6.45, 7) is 5.99. The maximum Gasteiger partial charge on any atom is 0.239 e. The molecule has 1 aromatic rings. The van der Waals surface area contributed by atoms with Crippen molar-refractivity contribution in [2.75, 3.05) is 25.0 Å². The molecule has 5 nitrogen and oxygen atoms in total. The van der Waals surface area contributed by atoms with Crippen LogP contribution in [0.5, 0.6) is 0 Å². The predicted octanol–water partition coefficient (Wildman–Crippen LogP) is 1.89. The average Bonchev–Trinajstić information content (AvgIpc) is 2.30. The number of morpholine rings is 1. The van der Waals surface area contributed by atoms with Gasteiger partial charge in [0.2, 0.25) is 5.91 Å². The van der Waals surface area contributed by atoms with Crippen molar-refractivity contribution >= 4 is 27.7 Å². The molecule has 0 unspecified atom stereocenters. The maximum atomic E-state index is 11.9. The molecule has 19 heavy (non-hydrogen) atoms. The highest BCUT2D eigenvalue weighted by molar-refractivity contribution is 9.10. The highest BCUT2D eigenvalue weighted by Crippen LogP contribution is 2.12. The van der Waals surface area contributed by atoms with E-state index in [4.69, 9.17) is 4.74 Å². The lowest BCUT2D eigenvalue weighted by atomic mass is 10.2. The second-order valence-corrected chi connectivity index (χ2v) is 5.78. The van der Waals surface area contributed by atoms with Gasteiger partial charge in [0.05, 0.1) is 18.8 Å². The molecular formula is C13H18BrN3O2. The van der Waals surface area contributed by atoms with Gasteiger partial charge in [-0.1, -0.05) is 0 Å². The van der Waals surface area contributed by atoms with Gasteiger partial charge in [0, 0.05) is 23.8 Å². The van der Waals surface area contributed by atoms with Gasteiger partial charge in [0.15, 0.2) is 0 Å². The predicted molar refractivity (Wildman–Crippen MR) is 77.0 cm³/mol. The summed E-state index contributed by atoms with van der Waals surface area (Å²) in [7, 11) is 0. The van der Waals surface area contributed by atoms with Crippen LogP contribution in [0, 0.1) is 0 Å². The molecule has 1 aliphatic heterocycles. The first-order valence-electron chi connectivity index (χ1n) is 6.32. The molecule has 0 saturated carbocycles. The van der Waals surface area contributed by atoms with Crippen molar-refractivity contribution in [3.05, 3.63) is 22.8 Å².